The second kappa shape index (κ2) is 5.51. The summed E-state index contributed by atoms with van der Waals surface area (Å²) in [4.78, 5) is 6.40. The van der Waals surface area contributed by atoms with Gasteiger partial charge in [0.1, 0.15) is 5.82 Å². The molecule has 1 saturated heterocycles. The Morgan fingerprint density at radius 3 is 3.00 bits per heavy atom. The number of rotatable bonds is 3. The van der Waals surface area contributed by atoms with Crippen molar-refractivity contribution in [3.8, 4) is 0 Å². The second-order valence-electron chi connectivity index (χ2n) is 4.20. The average Bonchev–Trinajstić information content (AvgIpc) is 2.31. The molecule has 1 aromatic rings. The molecule has 1 unspecified atom stereocenters. The minimum absolute atomic E-state index is 0.344. The van der Waals surface area contributed by atoms with Crippen LogP contribution in [-0.2, 0) is 4.74 Å². The third-order valence-electron chi connectivity index (χ3n) is 2.85. The molecule has 2 heterocycles. The van der Waals surface area contributed by atoms with Crippen molar-refractivity contribution < 1.29 is 4.74 Å². The molecule has 0 N–H and O–H groups in total. The molecule has 0 radical (unpaired) electrons. The molecule has 1 aliphatic rings. The molecular formula is C12H17ClN2O. The van der Waals surface area contributed by atoms with Crippen molar-refractivity contribution in [1.29, 1.82) is 0 Å². The van der Waals surface area contributed by atoms with Gasteiger partial charge in [-0.15, -0.1) is 0 Å². The zero-order chi connectivity index (χ0) is 11.4. The molecule has 1 aromatic heterocycles. The summed E-state index contributed by atoms with van der Waals surface area (Å²) >= 11 is 5.80. The number of anilines is 1. The van der Waals surface area contributed by atoms with Crippen LogP contribution in [0.2, 0.25) is 5.02 Å². The highest BCUT2D eigenvalue weighted by Crippen LogP contribution is 2.17. The normalized spacial score (nSPS) is 20.8. The van der Waals surface area contributed by atoms with Gasteiger partial charge in [0.15, 0.2) is 0 Å². The van der Waals surface area contributed by atoms with E-state index in [1.165, 1.54) is 12.8 Å². The number of likely N-dealkylation sites (N-methyl/N-ethyl adjacent to an activating group) is 1. The number of aromatic nitrogens is 1. The smallest absolute Gasteiger partial charge is 0.128 e. The number of halogens is 1. The second-order valence-corrected chi connectivity index (χ2v) is 4.64. The Hall–Kier alpha value is -0.800. The summed E-state index contributed by atoms with van der Waals surface area (Å²) in [7, 11) is 2.04. The lowest BCUT2D eigenvalue weighted by Crippen LogP contribution is -2.33. The SMILES string of the molecule is CN(CC1CCCCO1)c1ccc(Cl)cn1. The van der Waals surface area contributed by atoms with Crippen LogP contribution in [0, 0.1) is 0 Å². The highest BCUT2D eigenvalue weighted by Gasteiger charge is 2.16. The summed E-state index contributed by atoms with van der Waals surface area (Å²) in [6.07, 6.45) is 5.63. The van der Waals surface area contributed by atoms with Crippen LogP contribution in [0.25, 0.3) is 0 Å². The molecule has 3 nitrogen and oxygen atoms in total. The summed E-state index contributed by atoms with van der Waals surface area (Å²) in [5.74, 6) is 0.943. The maximum atomic E-state index is 5.80. The summed E-state index contributed by atoms with van der Waals surface area (Å²) < 4.78 is 5.70. The van der Waals surface area contributed by atoms with E-state index in [1.54, 1.807) is 6.20 Å². The van der Waals surface area contributed by atoms with Gasteiger partial charge in [-0.1, -0.05) is 11.6 Å². The first-order valence-corrected chi connectivity index (χ1v) is 6.08. The third kappa shape index (κ3) is 3.09. The molecule has 0 spiro atoms. The van der Waals surface area contributed by atoms with Crippen molar-refractivity contribution in [2.24, 2.45) is 0 Å². The van der Waals surface area contributed by atoms with Crippen LogP contribution in [0.3, 0.4) is 0 Å². The molecule has 0 saturated carbocycles. The van der Waals surface area contributed by atoms with Crippen LogP contribution in [0.5, 0.6) is 0 Å². The van der Waals surface area contributed by atoms with E-state index in [9.17, 15) is 0 Å². The first kappa shape index (κ1) is 11.7. The third-order valence-corrected chi connectivity index (χ3v) is 3.08. The first-order valence-electron chi connectivity index (χ1n) is 5.70. The molecule has 1 fully saturated rings. The van der Waals surface area contributed by atoms with Crippen molar-refractivity contribution in [3.63, 3.8) is 0 Å². The fourth-order valence-electron chi connectivity index (χ4n) is 1.94. The number of hydrogen-bond acceptors (Lipinski definition) is 3. The van der Waals surface area contributed by atoms with Crippen molar-refractivity contribution in [2.45, 2.75) is 25.4 Å². The lowest BCUT2D eigenvalue weighted by atomic mass is 10.1. The van der Waals surface area contributed by atoms with Crippen LogP contribution < -0.4 is 4.90 Å². The first-order chi connectivity index (χ1) is 7.75. The Kier molecular flexibility index (Phi) is 4.02. The molecule has 4 heteroatoms. The average molecular weight is 241 g/mol. The van der Waals surface area contributed by atoms with Gasteiger partial charge in [0.25, 0.3) is 0 Å². The van der Waals surface area contributed by atoms with Crippen LogP contribution >= 0.6 is 11.6 Å². The van der Waals surface area contributed by atoms with E-state index < -0.39 is 0 Å². The standard InChI is InChI=1S/C12H17ClN2O/c1-15(9-11-4-2-3-7-16-11)12-6-5-10(13)8-14-12/h5-6,8,11H,2-4,7,9H2,1H3. The van der Waals surface area contributed by atoms with Gasteiger partial charge in [-0.25, -0.2) is 4.98 Å². The Morgan fingerprint density at radius 2 is 2.38 bits per heavy atom. The predicted molar refractivity (Wildman–Crippen MR) is 66.1 cm³/mol. The monoisotopic (exact) mass is 240 g/mol. The quantitative estimate of drug-likeness (QED) is 0.813. The maximum absolute atomic E-state index is 5.80. The van der Waals surface area contributed by atoms with Gasteiger partial charge in [-0.3, -0.25) is 0 Å². The number of ether oxygens (including phenoxy) is 1. The molecular weight excluding hydrogens is 224 g/mol. The van der Waals surface area contributed by atoms with Crippen LogP contribution in [0.1, 0.15) is 19.3 Å². The van der Waals surface area contributed by atoms with Gasteiger partial charge < -0.3 is 9.64 Å². The lowest BCUT2D eigenvalue weighted by Gasteiger charge is -2.28. The van der Waals surface area contributed by atoms with Crippen molar-refractivity contribution in [1.82, 2.24) is 4.98 Å². The highest BCUT2D eigenvalue weighted by molar-refractivity contribution is 6.30. The maximum Gasteiger partial charge on any atom is 0.128 e. The summed E-state index contributed by atoms with van der Waals surface area (Å²) in [5, 5.41) is 0.672. The predicted octanol–water partition coefficient (Wildman–Crippen LogP) is 2.74. The van der Waals surface area contributed by atoms with Gasteiger partial charge in [-0.2, -0.15) is 0 Å². The topological polar surface area (TPSA) is 25.4 Å². The van der Waals surface area contributed by atoms with E-state index in [-0.39, 0.29) is 0 Å². The number of hydrogen-bond donors (Lipinski definition) is 0. The van der Waals surface area contributed by atoms with E-state index in [2.05, 4.69) is 9.88 Å². The Balaban J connectivity index is 1.91. The molecule has 88 valence electrons. The van der Waals surface area contributed by atoms with Gasteiger partial charge in [0.2, 0.25) is 0 Å². The zero-order valence-electron chi connectivity index (χ0n) is 9.53. The molecule has 0 amide bonds. The fraction of sp³-hybridized carbons (Fsp3) is 0.583. The fourth-order valence-corrected chi connectivity index (χ4v) is 2.06. The van der Waals surface area contributed by atoms with Crippen molar-refractivity contribution in [2.75, 3.05) is 25.1 Å². The van der Waals surface area contributed by atoms with E-state index in [0.717, 1.165) is 25.4 Å². The highest BCUT2D eigenvalue weighted by atomic mass is 35.5. The van der Waals surface area contributed by atoms with Crippen LogP contribution in [0.15, 0.2) is 18.3 Å². The van der Waals surface area contributed by atoms with Gasteiger partial charge in [-0.05, 0) is 31.4 Å². The summed E-state index contributed by atoms with van der Waals surface area (Å²) in [6.45, 7) is 1.79. The largest absolute Gasteiger partial charge is 0.376 e. The van der Waals surface area contributed by atoms with Crippen LogP contribution in [-0.4, -0.2) is 31.3 Å². The zero-order valence-corrected chi connectivity index (χ0v) is 10.3. The van der Waals surface area contributed by atoms with E-state index >= 15 is 0 Å². The minimum Gasteiger partial charge on any atom is -0.376 e. The minimum atomic E-state index is 0.344. The number of pyridine rings is 1. The molecule has 1 aliphatic heterocycles. The van der Waals surface area contributed by atoms with Crippen LogP contribution in [0.4, 0.5) is 5.82 Å². The molecule has 16 heavy (non-hydrogen) atoms. The molecule has 1 atom stereocenters. The van der Waals surface area contributed by atoms with Gasteiger partial charge in [0.05, 0.1) is 11.1 Å². The van der Waals surface area contributed by atoms with E-state index in [0.29, 0.717) is 11.1 Å². The molecule has 0 aliphatic carbocycles. The Morgan fingerprint density at radius 1 is 1.50 bits per heavy atom. The van der Waals surface area contributed by atoms with Gasteiger partial charge >= 0.3 is 0 Å². The van der Waals surface area contributed by atoms with Gasteiger partial charge in [0, 0.05) is 26.4 Å². The van der Waals surface area contributed by atoms with E-state index in [4.69, 9.17) is 16.3 Å². The Bertz CT molecular complexity index is 322. The molecule has 0 bridgehead atoms. The van der Waals surface area contributed by atoms with Crippen molar-refractivity contribution in [3.05, 3.63) is 23.4 Å². The Labute approximate surface area is 101 Å². The lowest BCUT2D eigenvalue weighted by molar-refractivity contribution is 0.0215. The van der Waals surface area contributed by atoms with E-state index in [1.807, 2.05) is 19.2 Å². The molecule has 0 aromatic carbocycles. The van der Waals surface area contributed by atoms with Crippen molar-refractivity contribution >= 4 is 17.4 Å². The summed E-state index contributed by atoms with van der Waals surface area (Å²) in [6, 6.07) is 3.80. The molecule has 2 rings (SSSR count). The number of nitrogens with zero attached hydrogens (tertiary/aromatic N) is 2. The summed E-state index contributed by atoms with van der Waals surface area (Å²) in [5.41, 5.74) is 0.